The predicted octanol–water partition coefficient (Wildman–Crippen LogP) is 3.18. The number of nitrogens with zero attached hydrogens (tertiary/aromatic N) is 6. The highest BCUT2D eigenvalue weighted by Crippen LogP contribution is 2.35. The van der Waals surface area contributed by atoms with Gasteiger partial charge in [-0.1, -0.05) is 0 Å². The van der Waals surface area contributed by atoms with Crippen LogP contribution in [-0.4, -0.2) is 34.5 Å². The lowest BCUT2D eigenvalue weighted by Gasteiger charge is -2.08. The number of hydrogen-bond acceptors (Lipinski definition) is 7. The summed E-state index contributed by atoms with van der Waals surface area (Å²) < 4.78 is 42.8. The second kappa shape index (κ2) is 6.74. The number of H-pyrrole nitrogens is 1. The molecule has 0 aliphatic rings. The van der Waals surface area contributed by atoms with Gasteiger partial charge in [-0.15, -0.1) is 22.7 Å². The number of thiazole rings is 2. The maximum Gasteiger partial charge on any atom is 0.427 e. The molecule has 0 aliphatic carbocycles. The van der Waals surface area contributed by atoms with Gasteiger partial charge >= 0.3 is 6.18 Å². The standard InChI is InChI=1S/C17H12F3N7OS2/c1-26-12-9(13-15(26)24-11(30-13)4-8-2-3-22-25-8)5-23-27(16(12)28)6-10-14(17(18,19)20)29-7-21-10/h2-3,5,7H,4,6H2,1H3,(H,22,25). The van der Waals surface area contributed by atoms with Crippen molar-refractivity contribution in [1.29, 1.82) is 0 Å². The molecule has 0 saturated heterocycles. The summed E-state index contributed by atoms with van der Waals surface area (Å²) in [5, 5.41) is 12.4. The summed E-state index contributed by atoms with van der Waals surface area (Å²) >= 11 is 1.94. The Hall–Kier alpha value is -3.06. The summed E-state index contributed by atoms with van der Waals surface area (Å²) in [5.41, 5.74) is 2.30. The van der Waals surface area contributed by atoms with Gasteiger partial charge in [0.05, 0.1) is 28.6 Å². The Labute approximate surface area is 173 Å². The number of aromatic nitrogens is 7. The van der Waals surface area contributed by atoms with E-state index in [-0.39, 0.29) is 12.2 Å². The molecule has 5 aromatic rings. The van der Waals surface area contributed by atoms with E-state index in [1.165, 1.54) is 17.5 Å². The molecule has 0 bridgehead atoms. The molecular formula is C17H12F3N7OS2. The van der Waals surface area contributed by atoms with Crippen LogP contribution < -0.4 is 5.56 Å². The maximum atomic E-state index is 13.1. The molecule has 154 valence electrons. The van der Waals surface area contributed by atoms with Crippen molar-refractivity contribution in [3.8, 4) is 0 Å². The van der Waals surface area contributed by atoms with E-state index in [0.717, 1.165) is 25.6 Å². The molecule has 13 heteroatoms. The number of rotatable bonds is 4. The van der Waals surface area contributed by atoms with Gasteiger partial charge in [-0.05, 0) is 6.07 Å². The highest BCUT2D eigenvalue weighted by Gasteiger charge is 2.36. The monoisotopic (exact) mass is 451 g/mol. The van der Waals surface area contributed by atoms with E-state index < -0.39 is 16.6 Å². The van der Waals surface area contributed by atoms with Crippen LogP contribution in [-0.2, 0) is 26.2 Å². The number of aryl methyl sites for hydroxylation is 1. The third-order valence-electron chi connectivity index (χ3n) is 4.67. The molecule has 1 N–H and O–H groups in total. The van der Waals surface area contributed by atoms with Crippen LogP contribution in [0.1, 0.15) is 21.3 Å². The molecule has 8 nitrogen and oxygen atoms in total. The number of halogens is 3. The number of nitrogens with one attached hydrogen (secondary N) is 1. The fourth-order valence-electron chi connectivity index (χ4n) is 3.32. The van der Waals surface area contributed by atoms with Gasteiger partial charge < -0.3 is 4.57 Å². The van der Waals surface area contributed by atoms with Crippen LogP contribution in [0.2, 0.25) is 0 Å². The second-order valence-electron chi connectivity index (χ2n) is 6.57. The minimum atomic E-state index is -4.52. The zero-order valence-corrected chi connectivity index (χ0v) is 16.9. The molecule has 0 unspecified atom stereocenters. The Balaban J connectivity index is 1.57. The van der Waals surface area contributed by atoms with Gasteiger partial charge in [0.2, 0.25) is 0 Å². The normalized spacial score (nSPS) is 12.4. The quantitative estimate of drug-likeness (QED) is 0.453. The Bertz CT molecular complexity index is 1430. The molecule has 0 aliphatic heterocycles. The third-order valence-corrected chi connectivity index (χ3v) is 6.66. The summed E-state index contributed by atoms with van der Waals surface area (Å²) in [7, 11) is 1.71. The van der Waals surface area contributed by atoms with Gasteiger partial charge in [0, 0.05) is 30.7 Å². The molecule has 5 aromatic heterocycles. The lowest BCUT2D eigenvalue weighted by atomic mass is 10.3. The van der Waals surface area contributed by atoms with Crippen LogP contribution in [0.5, 0.6) is 0 Å². The molecule has 0 fully saturated rings. The van der Waals surface area contributed by atoms with Crippen molar-refractivity contribution in [3.63, 3.8) is 0 Å². The molecule has 0 aromatic carbocycles. The predicted molar refractivity (Wildman–Crippen MR) is 106 cm³/mol. The van der Waals surface area contributed by atoms with E-state index in [0.29, 0.717) is 34.3 Å². The SMILES string of the molecule is Cn1c2nc(Cc3ccn[nH]3)sc2c2cnn(Cc3ncsc3C(F)(F)F)c(=O)c21. The zero-order chi connectivity index (χ0) is 21.0. The average Bonchev–Trinajstić information content (AvgIpc) is 3.45. The van der Waals surface area contributed by atoms with Crippen LogP contribution in [0.4, 0.5) is 13.2 Å². The Morgan fingerprint density at radius 3 is 2.87 bits per heavy atom. The fourth-order valence-corrected chi connectivity index (χ4v) is 5.12. The zero-order valence-electron chi connectivity index (χ0n) is 15.3. The van der Waals surface area contributed by atoms with Crippen LogP contribution >= 0.6 is 22.7 Å². The summed E-state index contributed by atoms with van der Waals surface area (Å²) in [6.07, 6.45) is -0.782. The largest absolute Gasteiger partial charge is 0.427 e. The summed E-state index contributed by atoms with van der Waals surface area (Å²) in [6.45, 7) is -0.357. The van der Waals surface area contributed by atoms with Crippen LogP contribution in [0, 0.1) is 0 Å². The van der Waals surface area contributed by atoms with Crippen LogP contribution in [0.15, 0.2) is 28.8 Å². The number of fused-ring (bicyclic) bond motifs is 3. The number of alkyl halides is 3. The van der Waals surface area contributed by atoms with Crippen molar-refractivity contribution >= 4 is 43.9 Å². The van der Waals surface area contributed by atoms with E-state index in [1.54, 1.807) is 17.8 Å². The number of aromatic amines is 1. The third kappa shape index (κ3) is 3.01. The fraction of sp³-hybridized carbons (Fsp3) is 0.235. The first-order valence-corrected chi connectivity index (χ1v) is 10.3. The second-order valence-corrected chi connectivity index (χ2v) is 8.51. The first-order valence-electron chi connectivity index (χ1n) is 8.64. The van der Waals surface area contributed by atoms with Crippen molar-refractivity contribution in [2.45, 2.75) is 19.1 Å². The Kier molecular flexibility index (Phi) is 4.25. The number of hydrogen-bond donors (Lipinski definition) is 1. The van der Waals surface area contributed by atoms with E-state index in [1.807, 2.05) is 6.07 Å². The van der Waals surface area contributed by atoms with Gasteiger partial charge in [0.25, 0.3) is 5.56 Å². The van der Waals surface area contributed by atoms with Gasteiger partial charge in [-0.2, -0.15) is 23.4 Å². The van der Waals surface area contributed by atoms with E-state index >= 15 is 0 Å². The van der Waals surface area contributed by atoms with Gasteiger partial charge in [-0.3, -0.25) is 9.89 Å². The van der Waals surface area contributed by atoms with Crippen LogP contribution in [0.3, 0.4) is 0 Å². The van der Waals surface area contributed by atoms with Crippen molar-refractivity contribution in [3.05, 3.63) is 55.6 Å². The first kappa shape index (κ1) is 18.9. The summed E-state index contributed by atoms with van der Waals surface area (Å²) in [5.74, 6) is 0. The van der Waals surface area contributed by atoms with Crippen molar-refractivity contribution in [2.24, 2.45) is 7.05 Å². The molecular weight excluding hydrogens is 439 g/mol. The highest BCUT2D eigenvalue weighted by atomic mass is 32.1. The van der Waals surface area contributed by atoms with Crippen molar-refractivity contribution in [2.75, 3.05) is 0 Å². The van der Waals surface area contributed by atoms with Gasteiger partial charge in [-0.25, -0.2) is 14.6 Å². The van der Waals surface area contributed by atoms with Gasteiger partial charge in [0.1, 0.15) is 15.4 Å². The summed E-state index contributed by atoms with van der Waals surface area (Å²) in [6, 6.07) is 1.86. The van der Waals surface area contributed by atoms with E-state index in [2.05, 4.69) is 25.3 Å². The van der Waals surface area contributed by atoms with Crippen LogP contribution in [0.25, 0.3) is 21.3 Å². The van der Waals surface area contributed by atoms with Crippen molar-refractivity contribution < 1.29 is 13.2 Å². The average molecular weight is 451 g/mol. The maximum absolute atomic E-state index is 13.1. The van der Waals surface area contributed by atoms with E-state index in [9.17, 15) is 18.0 Å². The minimum absolute atomic E-state index is 0.225. The molecule has 0 radical (unpaired) electrons. The minimum Gasteiger partial charge on any atom is -0.323 e. The molecule has 30 heavy (non-hydrogen) atoms. The highest BCUT2D eigenvalue weighted by molar-refractivity contribution is 7.19. The Morgan fingerprint density at radius 1 is 1.30 bits per heavy atom. The topological polar surface area (TPSA) is 94.3 Å². The molecule has 0 atom stereocenters. The first-order chi connectivity index (χ1) is 14.3. The Morgan fingerprint density at radius 2 is 2.13 bits per heavy atom. The molecule has 0 spiro atoms. The smallest absolute Gasteiger partial charge is 0.323 e. The lowest BCUT2D eigenvalue weighted by molar-refractivity contribution is -0.135. The molecule has 0 saturated carbocycles. The summed E-state index contributed by atoms with van der Waals surface area (Å²) in [4.78, 5) is 20.5. The molecule has 5 rings (SSSR count). The van der Waals surface area contributed by atoms with E-state index in [4.69, 9.17) is 0 Å². The lowest BCUT2D eigenvalue weighted by Crippen LogP contribution is -2.25. The van der Waals surface area contributed by atoms with Crippen molar-refractivity contribution in [1.82, 2.24) is 34.5 Å². The molecule has 5 heterocycles. The molecule has 0 amide bonds. The van der Waals surface area contributed by atoms with Gasteiger partial charge in [0.15, 0.2) is 5.65 Å².